The minimum absolute atomic E-state index is 0.162. The molecule has 0 aliphatic rings. The lowest BCUT2D eigenvalue weighted by molar-refractivity contribution is 0.0696. The van der Waals surface area contributed by atoms with Crippen LogP contribution < -0.4 is 9.88 Å². The quantitative estimate of drug-likeness (QED) is 0.637. The minimum Gasteiger partial charge on any atom is -0.489 e. The number of rotatable bonds is 7. The number of primary sulfonamides is 1. The highest BCUT2D eigenvalue weighted by molar-refractivity contribution is 7.89. The van der Waals surface area contributed by atoms with Crippen LogP contribution in [0.4, 0.5) is 0 Å². The standard InChI is InChI=1S/C21H19NO5S/c22-28(25,26)20-13-17(21(23)24)12-19(27-14-16-9-5-2-6-10-16)18(20)11-15-7-3-1-4-8-15/h1-10,12-13H,11,14H2,(H,23,24)(H2,22,25,26). The molecule has 0 amide bonds. The summed E-state index contributed by atoms with van der Waals surface area (Å²) >= 11 is 0. The number of ether oxygens (including phenoxy) is 1. The Kier molecular flexibility index (Phi) is 5.77. The Balaban J connectivity index is 2.10. The van der Waals surface area contributed by atoms with Crippen LogP contribution in [0.1, 0.15) is 27.0 Å². The first-order valence-corrected chi connectivity index (χ1v) is 10.0. The molecule has 0 unspecified atom stereocenters. The van der Waals surface area contributed by atoms with Crippen molar-refractivity contribution in [2.45, 2.75) is 17.9 Å². The summed E-state index contributed by atoms with van der Waals surface area (Å²) in [7, 11) is -4.16. The predicted molar refractivity (Wildman–Crippen MR) is 105 cm³/mol. The van der Waals surface area contributed by atoms with Crippen molar-refractivity contribution in [3.8, 4) is 5.75 Å². The van der Waals surface area contributed by atoms with E-state index in [0.717, 1.165) is 17.2 Å². The Bertz CT molecular complexity index is 1080. The van der Waals surface area contributed by atoms with Crippen molar-refractivity contribution in [1.29, 1.82) is 0 Å². The fourth-order valence-electron chi connectivity index (χ4n) is 2.84. The lowest BCUT2D eigenvalue weighted by Crippen LogP contribution is -2.17. The van der Waals surface area contributed by atoms with Gasteiger partial charge in [-0.05, 0) is 23.3 Å². The van der Waals surface area contributed by atoms with Gasteiger partial charge in [0.2, 0.25) is 10.0 Å². The smallest absolute Gasteiger partial charge is 0.335 e. The van der Waals surface area contributed by atoms with Crippen LogP contribution >= 0.6 is 0 Å². The normalized spacial score (nSPS) is 11.2. The van der Waals surface area contributed by atoms with Gasteiger partial charge in [0.05, 0.1) is 10.5 Å². The fraction of sp³-hybridized carbons (Fsp3) is 0.0952. The first-order valence-electron chi connectivity index (χ1n) is 8.48. The van der Waals surface area contributed by atoms with E-state index >= 15 is 0 Å². The summed E-state index contributed by atoms with van der Waals surface area (Å²) in [6, 6.07) is 20.9. The number of hydrogen-bond donors (Lipinski definition) is 2. The molecule has 3 rings (SSSR count). The number of carboxylic acids is 1. The molecule has 3 N–H and O–H groups in total. The first-order chi connectivity index (χ1) is 13.3. The summed E-state index contributed by atoms with van der Waals surface area (Å²) in [4.78, 5) is 11.2. The van der Waals surface area contributed by atoms with Gasteiger partial charge in [0.1, 0.15) is 12.4 Å². The van der Waals surface area contributed by atoms with Crippen LogP contribution in [0.25, 0.3) is 0 Å². The van der Waals surface area contributed by atoms with Crippen molar-refractivity contribution in [2.75, 3.05) is 0 Å². The predicted octanol–water partition coefficient (Wildman–Crippen LogP) is 3.20. The Hall–Kier alpha value is -3.16. The van der Waals surface area contributed by atoms with Crippen LogP contribution in [-0.4, -0.2) is 19.5 Å². The molecule has 0 heterocycles. The zero-order valence-electron chi connectivity index (χ0n) is 14.9. The first kappa shape index (κ1) is 19.6. The molecule has 0 aromatic heterocycles. The van der Waals surface area contributed by atoms with Gasteiger partial charge in [0, 0.05) is 12.0 Å². The molecular formula is C21H19NO5S. The summed E-state index contributed by atoms with van der Waals surface area (Å²) in [5, 5.41) is 14.8. The Labute approximate surface area is 163 Å². The highest BCUT2D eigenvalue weighted by Gasteiger charge is 2.22. The number of carboxylic acid groups (broad SMARTS) is 1. The molecule has 6 nitrogen and oxygen atoms in total. The molecule has 0 aliphatic carbocycles. The summed E-state index contributed by atoms with van der Waals surface area (Å²) in [6.07, 6.45) is 0.233. The molecule has 0 radical (unpaired) electrons. The molecule has 0 bridgehead atoms. The number of benzene rings is 3. The van der Waals surface area contributed by atoms with Gasteiger partial charge in [-0.25, -0.2) is 18.4 Å². The van der Waals surface area contributed by atoms with Crippen molar-refractivity contribution in [1.82, 2.24) is 0 Å². The monoisotopic (exact) mass is 397 g/mol. The average Bonchev–Trinajstić information content (AvgIpc) is 2.67. The lowest BCUT2D eigenvalue weighted by Gasteiger charge is -2.16. The maximum absolute atomic E-state index is 12.2. The van der Waals surface area contributed by atoms with E-state index < -0.39 is 16.0 Å². The van der Waals surface area contributed by atoms with Gasteiger partial charge < -0.3 is 9.84 Å². The highest BCUT2D eigenvalue weighted by atomic mass is 32.2. The molecule has 0 spiro atoms. The van der Waals surface area contributed by atoms with Crippen LogP contribution in [0.2, 0.25) is 0 Å². The van der Waals surface area contributed by atoms with Crippen LogP contribution in [0.5, 0.6) is 5.75 Å². The maximum atomic E-state index is 12.2. The molecule has 0 aliphatic heterocycles. The maximum Gasteiger partial charge on any atom is 0.335 e. The third-order valence-corrected chi connectivity index (χ3v) is 5.16. The second-order valence-corrected chi connectivity index (χ2v) is 7.77. The lowest BCUT2D eigenvalue weighted by atomic mass is 10.0. The van der Waals surface area contributed by atoms with Crippen molar-refractivity contribution in [3.05, 3.63) is 95.1 Å². The van der Waals surface area contributed by atoms with E-state index in [2.05, 4.69) is 0 Å². The second-order valence-electron chi connectivity index (χ2n) is 6.24. The van der Waals surface area contributed by atoms with Crippen molar-refractivity contribution in [3.63, 3.8) is 0 Å². The summed E-state index contributed by atoms with van der Waals surface area (Å²) in [5.41, 5.74) is 1.84. The van der Waals surface area contributed by atoms with Gasteiger partial charge in [0.15, 0.2) is 0 Å². The Morgan fingerprint density at radius 1 is 0.929 bits per heavy atom. The zero-order chi connectivity index (χ0) is 20.1. The Morgan fingerprint density at radius 3 is 2.04 bits per heavy atom. The molecule has 28 heavy (non-hydrogen) atoms. The van der Waals surface area contributed by atoms with Crippen LogP contribution in [0.15, 0.2) is 77.7 Å². The molecular weight excluding hydrogens is 378 g/mol. The molecule has 0 fully saturated rings. The molecule has 7 heteroatoms. The van der Waals surface area contributed by atoms with E-state index in [1.165, 1.54) is 6.07 Å². The fourth-order valence-corrected chi connectivity index (χ4v) is 3.64. The van der Waals surface area contributed by atoms with Gasteiger partial charge in [0.25, 0.3) is 0 Å². The van der Waals surface area contributed by atoms with Gasteiger partial charge in [-0.2, -0.15) is 0 Å². The van der Waals surface area contributed by atoms with Crippen LogP contribution in [0, 0.1) is 0 Å². The van der Waals surface area contributed by atoms with Gasteiger partial charge in [-0.1, -0.05) is 60.7 Å². The third-order valence-electron chi connectivity index (χ3n) is 4.18. The van der Waals surface area contributed by atoms with Gasteiger partial charge in [-0.3, -0.25) is 0 Å². The van der Waals surface area contributed by atoms with Gasteiger partial charge >= 0.3 is 5.97 Å². The number of carbonyl (C=O) groups is 1. The summed E-state index contributed by atoms with van der Waals surface area (Å²) < 4.78 is 30.2. The third kappa shape index (κ3) is 4.76. The Morgan fingerprint density at radius 2 is 1.50 bits per heavy atom. The van der Waals surface area contributed by atoms with E-state index in [4.69, 9.17) is 9.88 Å². The molecule has 3 aromatic carbocycles. The zero-order valence-corrected chi connectivity index (χ0v) is 15.7. The number of nitrogens with two attached hydrogens (primary N) is 1. The van der Waals surface area contributed by atoms with Gasteiger partial charge in [-0.15, -0.1) is 0 Å². The second kappa shape index (κ2) is 8.24. The van der Waals surface area contributed by atoms with E-state index in [9.17, 15) is 18.3 Å². The SMILES string of the molecule is NS(=O)(=O)c1cc(C(=O)O)cc(OCc2ccccc2)c1Cc1ccccc1. The van der Waals surface area contributed by atoms with Crippen LogP contribution in [0.3, 0.4) is 0 Å². The number of hydrogen-bond acceptors (Lipinski definition) is 4. The van der Waals surface area contributed by atoms with E-state index in [-0.39, 0.29) is 29.2 Å². The molecule has 0 atom stereocenters. The number of aromatic carboxylic acids is 1. The van der Waals surface area contributed by atoms with Crippen molar-refractivity contribution < 1.29 is 23.1 Å². The highest BCUT2D eigenvalue weighted by Crippen LogP contribution is 2.31. The van der Waals surface area contributed by atoms with Crippen LogP contribution in [-0.2, 0) is 23.1 Å². The molecule has 0 saturated heterocycles. The van der Waals surface area contributed by atoms with E-state index in [1.54, 1.807) is 0 Å². The largest absolute Gasteiger partial charge is 0.489 e. The summed E-state index contributed by atoms with van der Waals surface area (Å²) in [5.74, 6) is -1.09. The van der Waals surface area contributed by atoms with Crippen molar-refractivity contribution >= 4 is 16.0 Å². The molecule has 0 saturated carbocycles. The van der Waals surface area contributed by atoms with E-state index in [1.807, 2.05) is 60.7 Å². The summed E-state index contributed by atoms with van der Waals surface area (Å²) in [6.45, 7) is 0.162. The minimum atomic E-state index is -4.16. The number of sulfonamides is 1. The topological polar surface area (TPSA) is 107 Å². The van der Waals surface area contributed by atoms with Crippen molar-refractivity contribution in [2.24, 2.45) is 5.14 Å². The molecule has 144 valence electrons. The average molecular weight is 397 g/mol. The molecule has 3 aromatic rings. The van der Waals surface area contributed by atoms with E-state index in [0.29, 0.717) is 5.56 Å².